The van der Waals surface area contributed by atoms with Crippen molar-refractivity contribution in [3.05, 3.63) is 47.5 Å². The lowest BCUT2D eigenvalue weighted by Crippen LogP contribution is -2.21. The van der Waals surface area contributed by atoms with Crippen molar-refractivity contribution in [1.82, 2.24) is 0 Å². The molecule has 0 aliphatic carbocycles. The Hall–Kier alpha value is -2.69. The number of hydrogen-bond donors (Lipinski definition) is 0. The summed E-state index contributed by atoms with van der Waals surface area (Å²) in [5.41, 5.74) is 3.31. The van der Waals surface area contributed by atoms with Crippen LogP contribution in [0.5, 0.6) is 17.2 Å². The van der Waals surface area contributed by atoms with E-state index in [0.717, 1.165) is 24.2 Å². The molecule has 0 amide bonds. The first-order valence-corrected chi connectivity index (χ1v) is 8.80. The van der Waals surface area contributed by atoms with E-state index in [0.29, 0.717) is 23.8 Å². The number of nitrogens with zero attached hydrogens (tertiary/aromatic N) is 2. The SMILES string of the molecule is CCN(CC)c1ccc(C=NCc2cc(OC)c(OC)c(OC)c2)cc1. The molecule has 0 bridgehead atoms. The molecule has 0 aliphatic rings. The third kappa shape index (κ3) is 4.69. The van der Waals surface area contributed by atoms with Crippen LogP contribution in [0.1, 0.15) is 25.0 Å². The fraction of sp³-hybridized carbons (Fsp3) is 0.381. The van der Waals surface area contributed by atoms with E-state index in [9.17, 15) is 0 Å². The minimum atomic E-state index is 0.536. The van der Waals surface area contributed by atoms with Gasteiger partial charge in [0.05, 0.1) is 27.9 Å². The minimum absolute atomic E-state index is 0.536. The van der Waals surface area contributed by atoms with E-state index in [-0.39, 0.29) is 0 Å². The molecular weight excluding hydrogens is 328 g/mol. The Balaban J connectivity index is 2.10. The zero-order chi connectivity index (χ0) is 18.9. The predicted molar refractivity (Wildman–Crippen MR) is 107 cm³/mol. The zero-order valence-electron chi connectivity index (χ0n) is 16.3. The number of aliphatic imine (C=N–C) groups is 1. The number of hydrogen-bond acceptors (Lipinski definition) is 5. The second-order valence-electron chi connectivity index (χ2n) is 5.77. The smallest absolute Gasteiger partial charge is 0.203 e. The van der Waals surface area contributed by atoms with Crippen molar-refractivity contribution in [2.75, 3.05) is 39.3 Å². The van der Waals surface area contributed by atoms with E-state index in [1.807, 2.05) is 18.3 Å². The molecule has 0 radical (unpaired) electrons. The van der Waals surface area contributed by atoms with E-state index in [2.05, 4.69) is 48.0 Å². The van der Waals surface area contributed by atoms with Crippen LogP contribution < -0.4 is 19.1 Å². The van der Waals surface area contributed by atoms with Gasteiger partial charge in [0, 0.05) is 25.0 Å². The molecule has 5 nitrogen and oxygen atoms in total. The fourth-order valence-electron chi connectivity index (χ4n) is 2.84. The molecule has 0 saturated carbocycles. The van der Waals surface area contributed by atoms with Crippen molar-refractivity contribution in [3.8, 4) is 17.2 Å². The second-order valence-corrected chi connectivity index (χ2v) is 5.77. The molecule has 0 aromatic heterocycles. The second kappa shape index (κ2) is 9.70. The Bertz CT molecular complexity index is 698. The average Bonchev–Trinajstić information content (AvgIpc) is 2.69. The lowest BCUT2D eigenvalue weighted by molar-refractivity contribution is 0.324. The minimum Gasteiger partial charge on any atom is -0.493 e. The van der Waals surface area contributed by atoms with Crippen LogP contribution >= 0.6 is 0 Å². The van der Waals surface area contributed by atoms with Crippen LogP contribution in [-0.2, 0) is 6.54 Å². The van der Waals surface area contributed by atoms with Crippen molar-refractivity contribution in [3.63, 3.8) is 0 Å². The van der Waals surface area contributed by atoms with Gasteiger partial charge < -0.3 is 19.1 Å². The Morgan fingerprint density at radius 3 is 1.92 bits per heavy atom. The van der Waals surface area contributed by atoms with E-state index in [1.165, 1.54) is 5.69 Å². The lowest BCUT2D eigenvalue weighted by atomic mass is 10.1. The third-order valence-electron chi connectivity index (χ3n) is 4.26. The number of methoxy groups -OCH3 is 3. The van der Waals surface area contributed by atoms with Gasteiger partial charge in [-0.1, -0.05) is 12.1 Å². The molecule has 0 saturated heterocycles. The van der Waals surface area contributed by atoms with Crippen LogP contribution in [0.2, 0.25) is 0 Å². The first kappa shape index (κ1) is 19.6. The summed E-state index contributed by atoms with van der Waals surface area (Å²) in [5, 5.41) is 0. The van der Waals surface area contributed by atoms with Crippen molar-refractivity contribution < 1.29 is 14.2 Å². The van der Waals surface area contributed by atoms with Crippen LogP contribution in [0, 0.1) is 0 Å². The molecule has 0 spiro atoms. The molecular formula is C21H28N2O3. The quantitative estimate of drug-likeness (QED) is 0.632. The van der Waals surface area contributed by atoms with Crippen LogP contribution in [0.4, 0.5) is 5.69 Å². The summed E-state index contributed by atoms with van der Waals surface area (Å²) in [7, 11) is 4.82. The van der Waals surface area contributed by atoms with E-state index in [4.69, 9.17) is 14.2 Å². The van der Waals surface area contributed by atoms with Crippen molar-refractivity contribution in [2.24, 2.45) is 4.99 Å². The van der Waals surface area contributed by atoms with Gasteiger partial charge in [0.15, 0.2) is 11.5 Å². The topological polar surface area (TPSA) is 43.3 Å². The van der Waals surface area contributed by atoms with Crippen molar-refractivity contribution >= 4 is 11.9 Å². The van der Waals surface area contributed by atoms with Gasteiger partial charge >= 0.3 is 0 Å². The van der Waals surface area contributed by atoms with Gasteiger partial charge in [-0.25, -0.2) is 0 Å². The summed E-state index contributed by atoms with van der Waals surface area (Å²) in [6.45, 7) is 6.87. The third-order valence-corrected chi connectivity index (χ3v) is 4.26. The molecule has 0 atom stereocenters. The summed E-state index contributed by atoms with van der Waals surface area (Å²) in [4.78, 5) is 6.86. The zero-order valence-corrected chi connectivity index (χ0v) is 16.3. The summed E-state index contributed by atoms with van der Waals surface area (Å²) in [5.74, 6) is 1.87. The Labute approximate surface area is 156 Å². The van der Waals surface area contributed by atoms with Gasteiger partial charge in [0.2, 0.25) is 5.75 Å². The summed E-state index contributed by atoms with van der Waals surface area (Å²) in [6, 6.07) is 12.3. The number of ether oxygens (including phenoxy) is 3. The molecule has 0 aliphatic heterocycles. The van der Waals surface area contributed by atoms with Gasteiger partial charge in [-0.3, -0.25) is 4.99 Å². The highest BCUT2D eigenvalue weighted by Crippen LogP contribution is 2.38. The van der Waals surface area contributed by atoms with Gasteiger partial charge in [0.1, 0.15) is 0 Å². The van der Waals surface area contributed by atoms with Crippen molar-refractivity contribution in [2.45, 2.75) is 20.4 Å². The number of anilines is 1. The molecule has 2 aromatic rings. The molecule has 2 aromatic carbocycles. The standard InChI is InChI=1S/C21H28N2O3/c1-6-23(7-2)18-10-8-16(9-11-18)14-22-15-17-12-19(24-3)21(26-5)20(13-17)25-4/h8-14H,6-7,15H2,1-5H3. The molecule has 0 heterocycles. The summed E-state index contributed by atoms with van der Waals surface area (Å²) < 4.78 is 16.1. The average molecular weight is 356 g/mol. The highest BCUT2D eigenvalue weighted by atomic mass is 16.5. The van der Waals surface area contributed by atoms with Gasteiger partial charge in [0.25, 0.3) is 0 Å². The molecule has 5 heteroatoms. The predicted octanol–water partition coefficient (Wildman–Crippen LogP) is 4.18. The lowest BCUT2D eigenvalue weighted by Gasteiger charge is -2.20. The van der Waals surface area contributed by atoms with E-state index in [1.54, 1.807) is 21.3 Å². The van der Waals surface area contributed by atoms with E-state index >= 15 is 0 Å². The highest BCUT2D eigenvalue weighted by Gasteiger charge is 2.12. The van der Waals surface area contributed by atoms with Crippen LogP contribution in [0.3, 0.4) is 0 Å². The Morgan fingerprint density at radius 1 is 0.885 bits per heavy atom. The number of rotatable bonds is 9. The molecule has 2 rings (SSSR count). The molecule has 0 fully saturated rings. The van der Waals surface area contributed by atoms with Crippen molar-refractivity contribution in [1.29, 1.82) is 0 Å². The monoisotopic (exact) mass is 356 g/mol. The molecule has 0 unspecified atom stereocenters. The maximum absolute atomic E-state index is 5.38. The van der Waals surface area contributed by atoms with Crippen LogP contribution in [-0.4, -0.2) is 40.6 Å². The van der Waals surface area contributed by atoms with Gasteiger partial charge in [-0.2, -0.15) is 0 Å². The molecule has 0 N–H and O–H groups in total. The van der Waals surface area contributed by atoms with E-state index < -0.39 is 0 Å². The van der Waals surface area contributed by atoms with Gasteiger partial charge in [-0.05, 0) is 49.2 Å². The Kier molecular flexibility index (Phi) is 7.33. The summed E-state index contributed by atoms with van der Waals surface area (Å²) in [6.07, 6.45) is 1.88. The molecule has 140 valence electrons. The molecule has 26 heavy (non-hydrogen) atoms. The maximum atomic E-state index is 5.38. The maximum Gasteiger partial charge on any atom is 0.203 e. The first-order valence-electron chi connectivity index (χ1n) is 8.80. The van der Waals surface area contributed by atoms with Crippen LogP contribution in [0.25, 0.3) is 0 Å². The highest BCUT2D eigenvalue weighted by molar-refractivity contribution is 5.80. The first-order chi connectivity index (χ1) is 12.7. The fourth-order valence-corrected chi connectivity index (χ4v) is 2.84. The van der Waals surface area contributed by atoms with Gasteiger partial charge in [-0.15, -0.1) is 0 Å². The Morgan fingerprint density at radius 2 is 1.46 bits per heavy atom. The summed E-state index contributed by atoms with van der Waals surface area (Å²) >= 11 is 0. The number of benzene rings is 2. The largest absolute Gasteiger partial charge is 0.493 e. The normalized spacial score (nSPS) is 10.8. The van der Waals surface area contributed by atoms with Crippen LogP contribution in [0.15, 0.2) is 41.4 Å².